The second-order valence-electron chi connectivity index (χ2n) is 3.38. The maximum Gasteiger partial charge on any atom is 0.331 e. The summed E-state index contributed by atoms with van der Waals surface area (Å²) in [5.74, 6) is -2.20. The third kappa shape index (κ3) is 4.04. The van der Waals surface area contributed by atoms with E-state index < -0.39 is 11.9 Å². The van der Waals surface area contributed by atoms with Gasteiger partial charge in [0.1, 0.15) is 0 Å². The van der Waals surface area contributed by atoms with Crippen molar-refractivity contribution >= 4 is 11.8 Å². The number of ketones is 1. The van der Waals surface area contributed by atoms with E-state index in [1.54, 1.807) is 13.0 Å². The number of hydrogen-bond donors (Lipinski definition) is 0. The van der Waals surface area contributed by atoms with Crippen molar-refractivity contribution < 1.29 is 14.3 Å². The number of carbonyl (C=O) groups excluding carboxylic acids is 2. The van der Waals surface area contributed by atoms with E-state index in [0.29, 0.717) is 0 Å². The molecule has 4 heteroatoms. The van der Waals surface area contributed by atoms with Crippen LogP contribution in [0.15, 0.2) is 0 Å². The first-order valence-corrected chi connectivity index (χ1v) is 4.61. The highest BCUT2D eigenvalue weighted by Gasteiger charge is 2.27. The molecule has 4 nitrogen and oxygen atoms in total. The van der Waals surface area contributed by atoms with Crippen LogP contribution in [-0.2, 0) is 14.3 Å². The lowest BCUT2D eigenvalue weighted by Crippen LogP contribution is -2.25. The van der Waals surface area contributed by atoms with Crippen molar-refractivity contribution in [1.82, 2.24) is 0 Å². The first-order chi connectivity index (χ1) is 6.52. The third-order valence-electron chi connectivity index (χ3n) is 1.58. The Hall–Kier alpha value is -1.37. The molecule has 0 aromatic carbocycles. The molecule has 0 bridgehead atoms. The lowest BCUT2D eigenvalue weighted by Gasteiger charge is -2.08. The van der Waals surface area contributed by atoms with Crippen molar-refractivity contribution in [3.8, 4) is 6.07 Å². The molecule has 0 rings (SSSR count). The van der Waals surface area contributed by atoms with Gasteiger partial charge in [0.05, 0.1) is 12.7 Å². The molecule has 0 saturated heterocycles. The fourth-order valence-corrected chi connectivity index (χ4v) is 1.00. The number of rotatable bonds is 5. The number of nitriles is 1. The minimum atomic E-state index is -1.25. The molecular formula is C10H15NO3. The van der Waals surface area contributed by atoms with E-state index in [1.165, 1.54) is 0 Å². The number of carbonyl (C=O) groups is 2. The predicted octanol–water partition coefficient (Wildman–Crippen LogP) is 1.30. The fourth-order valence-electron chi connectivity index (χ4n) is 1.00. The van der Waals surface area contributed by atoms with Gasteiger partial charge in [-0.15, -0.1) is 0 Å². The Morgan fingerprint density at radius 1 is 1.43 bits per heavy atom. The topological polar surface area (TPSA) is 67.2 Å². The van der Waals surface area contributed by atoms with Crippen LogP contribution in [0.3, 0.4) is 0 Å². The first-order valence-electron chi connectivity index (χ1n) is 4.61. The molecule has 0 N–H and O–H groups in total. The van der Waals surface area contributed by atoms with E-state index in [9.17, 15) is 9.59 Å². The van der Waals surface area contributed by atoms with Crippen LogP contribution in [0.5, 0.6) is 0 Å². The number of esters is 1. The number of nitrogens with zero attached hydrogens (tertiary/aromatic N) is 1. The minimum Gasteiger partial charge on any atom is -0.465 e. The first kappa shape index (κ1) is 12.6. The van der Waals surface area contributed by atoms with Crippen LogP contribution in [0, 0.1) is 23.2 Å². The summed E-state index contributed by atoms with van der Waals surface area (Å²) in [4.78, 5) is 22.5. The largest absolute Gasteiger partial charge is 0.465 e. The monoisotopic (exact) mass is 197 g/mol. The molecule has 78 valence electrons. The van der Waals surface area contributed by atoms with Crippen molar-refractivity contribution in [3.05, 3.63) is 0 Å². The van der Waals surface area contributed by atoms with Crippen LogP contribution in [0.2, 0.25) is 0 Å². The highest BCUT2D eigenvalue weighted by atomic mass is 16.5. The second kappa shape index (κ2) is 6.14. The molecule has 14 heavy (non-hydrogen) atoms. The summed E-state index contributed by atoms with van der Waals surface area (Å²) >= 11 is 0. The lowest BCUT2D eigenvalue weighted by molar-refractivity contribution is -0.149. The Bertz CT molecular complexity index is 253. The molecule has 0 aliphatic carbocycles. The summed E-state index contributed by atoms with van der Waals surface area (Å²) in [5.41, 5.74) is 0. The predicted molar refractivity (Wildman–Crippen MR) is 50.2 cm³/mol. The van der Waals surface area contributed by atoms with Gasteiger partial charge in [0.2, 0.25) is 5.92 Å². The van der Waals surface area contributed by atoms with Crippen molar-refractivity contribution in [2.24, 2.45) is 11.8 Å². The van der Waals surface area contributed by atoms with Crippen LogP contribution in [0.25, 0.3) is 0 Å². The Kier molecular flexibility index (Phi) is 5.54. The van der Waals surface area contributed by atoms with Crippen LogP contribution < -0.4 is 0 Å². The average Bonchev–Trinajstić information content (AvgIpc) is 2.04. The van der Waals surface area contributed by atoms with Gasteiger partial charge in [0.15, 0.2) is 5.78 Å². The molecule has 1 atom stereocenters. The molecule has 0 fully saturated rings. The van der Waals surface area contributed by atoms with Crippen molar-refractivity contribution in [3.63, 3.8) is 0 Å². The second-order valence-corrected chi connectivity index (χ2v) is 3.38. The van der Waals surface area contributed by atoms with E-state index in [2.05, 4.69) is 4.74 Å². The van der Waals surface area contributed by atoms with Crippen LogP contribution in [0.1, 0.15) is 27.2 Å². The molecule has 0 aliphatic rings. The highest BCUT2D eigenvalue weighted by molar-refractivity contribution is 6.01. The number of hydrogen-bond acceptors (Lipinski definition) is 4. The van der Waals surface area contributed by atoms with Crippen LogP contribution in [-0.4, -0.2) is 18.4 Å². The van der Waals surface area contributed by atoms with Gasteiger partial charge in [-0.25, -0.2) is 0 Å². The van der Waals surface area contributed by atoms with E-state index in [0.717, 1.165) is 0 Å². The van der Waals surface area contributed by atoms with Gasteiger partial charge in [-0.1, -0.05) is 13.8 Å². The number of Topliss-reactive ketones (excluding diaryl/α,β-unsaturated/α-hetero) is 1. The molecule has 0 heterocycles. The standard InChI is InChI=1S/C10H15NO3/c1-4-14-10(13)8(6-11)9(12)5-7(2)3/h7-8H,4-5H2,1-3H3. The maximum absolute atomic E-state index is 11.4. The Morgan fingerprint density at radius 2 is 2.00 bits per heavy atom. The summed E-state index contributed by atoms with van der Waals surface area (Å²) in [5, 5.41) is 8.63. The van der Waals surface area contributed by atoms with Crippen LogP contribution >= 0.6 is 0 Å². The Labute approximate surface area is 83.9 Å². The van der Waals surface area contributed by atoms with Crippen LogP contribution in [0.4, 0.5) is 0 Å². The number of ether oxygens (including phenoxy) is 1. The normalized spacial score (nSPS) is 11.9. The van der Waals surface area contributed by atoms with Crippen molar-refractivity contribution in [2.75, 3.05) is 6.61 Å². The van der Waals surface area contributed by atoms with Gasteiger partial charge in [0, 0.05) is 6.42 Å². The van der Waals surface area contributed by atoms with Gasteiger partial charge < -0.3 is 4.74 Å². The van der Waals surface area contributed by atoms with Gasteiger partial charge in [-0.3, -0.25) is 9.59 Å². The molecule has 0 aromatic rings. The third-order valence-corrected chi connectivity index (χ3v) is 1.58. The quantitative estimate of drug-likeness (QED) is 0.492. The van der Waals surface area contributed by atoms with Gasteiger partial charge >= 0.3 is 5.97 Å². The smallest absolute Gasteiger partial charge is 0.331 e. The average molecular weight is 197 g/mol. The van der Waals surface area contributed by atoms with Crippen molar-refractivity contribution in [2.45, 2.75) is 27.2 Å². The van der Waals surface area contributed by atoms with Gasteiger partial charge in [0.25, 0.3) is 0 Å². The summed E-state index contributed by atoms with van der Waals surface area (Å²) in [6, 6.07) is 1.67. The van der Waals surface area contributed by atoms with Gasteiger partial charge in [-0.05, 0) is 12.8 Å². The molecule has 0 aliphatic heterocycles. The lowest BCUT2D eigenvalue weighted by atomic mass is 9.97. The molecule has 1 unspecified atom stereocenters. The molecule has 0 saturated carbocycles. The minimum absolute atomic E-state index is 0.146. The zero-order valence-corrected chi connectivity index (χ0v) is 8.74. The fraction of sp³-hybridized carbons (Fsp3) is 0.700. The van der Waals surface area contributed by atoms with E-state index >= 15 is 0 Å². The Morgan fingerprint density at radius 3 is 2.36 bits per heavy atom. The van der Waals surface area contributed by atoms with Gasteiger partial charge in [-0.2, -0.15) is 5.26 Å². The summed E-state index contributed by atoms with van der Waals surface area (Å²) in [6.07, 6.45) is 0.233. The van der Waals surface area contributed by atoms with E-state index in [1.807, 2.05) is 13.8 Å². The maximum atomic E-state index is 11.4. The zero-order valence-electron chi connectivity index (χ0n) is 8.74. The summed E-state index contributed by atoms with van der Waals surface area (Å²) in [6.45, 7) is 5.54. The van der Waals surface area contributed by atoms with E-state index in [4.69, 9.17) is 5.26 Å². The summed E-state index contributed by atoms with van der Waals surface area (Å²) in [7, 11) is 0. The molecule has 0 aromatic heterocycles. The highest BCUT2D eigenvalue weighted by Crippen LogP contribution is 2.09. The Balaban J connectivity index is 4.35. The molecule has 0 spiro atoms. The molecular weight excluding hydrogens is 182 g/mol. The van der Waals surface area contributed by atoms with E-state index in [-0.39, 0.29) is 24.7 Å². The summed E-state index contributed by atoms with van der Waals surface area (Å²) < 4.78 is 4.62. The SMILES string of the molecule is CCOC(=O)C(C#N)C(=O)CC(C)C. The zero-order chi connectivity index (χ0) is 11.1. The van der Waals surface area contributed by atoms with Crippen molar-refractivity contribution in [1.29, 1.82) is 5.26 Å². The molecule has 0 radical (unpaired) electrons. The molecule has 0 amide bonds.